The molecule has 2 aliphatic heterocycles. The van der Waals surface area contributed by atoms with Crippen molar-refractivity contribution >= 4 is 24.0 Å². The van der Waals surface area contributed by atoms with Crippen molar-refractivity contribution in [2.24, 2.45) is 11.8 Å². The molecule has 6 rings (SSSR count). The molecule has 4 heterocycles. The maximum atomic E-state index is 13.5. The maximum absolute atomic E-state index is 13.5. The average molecular weight is 739 g/mol. The highest BCUT2D eigenvalue weighted by Gasteiger charge is 2.38. The van der Waals surface area contributed by atoms with Crippen LogP contribution < -0.4 is 10.6 Å². The fourth-order valence-corrected chi connectivity index (χ4v) is 7.39. The summed E-state index contributed by atoms with van der Waals surface area (Å²) in [5.41, 5.74) is 5.63. The molecule has 14 heteroatoms. The van der Waals surface area contributed by atoms with Crippen molar-refractivity contribution in [2.75, 3.05) is 27.3 Å². The Labute approximate surface area is 315 Å². The fraction of sp³-hybridized carbons (Fsp3) is 0.450. The van der Waals surface area contributed by atoms with E-state index in [4.69, 9.17) is 9.47 Å². The molecule has 0 aliphatic carbocycles. The molecule has 2 unspecified atom stereocenters. The lowest BCUT2D eigenvalue weighted by Crippen LogP contribution is -2.51. The van der Waals surface area contributed by atoms with Gasteiger partial charge in [0.05, 0.1) is 50.3 Å². The molecule has 54 heavy (non-hydrogen) atoms. The first kappa shape index (κ1) is 38.1. The van der Waals surface area contributed by atoms with Crippen molar-refractivity contribution in [1.29, 1.82) is 0 Å². The molecule has 2 N–H and O–H groups in total. The van der Waals surface area contributed by atoms with Crippen molar-refractivity contribution in [1.82, 2.24) is 39.5 Å². The molecule has 0 saturated carbocycles. The number of benzene rings is 2. The van der Waals surface area contributed by atoms with Crippen LogP contribution in [0.15, 0.2) is 73.6 Å². The second kappa shape index (κ2) is 16.6. The minimum absolute atomic E-state index is 0.0987. The summed E-state index contributed by atoms with van der Waals surface area (Å²) >= 11 is 0. The summed E-state index contributed by atoms with van der Waals surface area (Å²) in [7, 11) is 2.58. The average Bonchev–Trinajstić information content (AvgIpc) is 4.02. The Balaban J connectivity index is 1.11. The monoisotopic (exact) mass is 738 g/mol. The molecule has 4 atom stereocenters. The van der Waals surface area contributed by atoms with Crippen LogP contribution in [0.25, 0.3) is 22.5 Å². The summed E-state index contributed by atoms with van der Waals surface area (Å²) in [5, 5.41) is 5.39. The van der Waals surface area contributed by atoms with Crippen LogP contribution in [0.4, 0.5) is 9.59 Å². The summed E-state index contributed by atoms with van der Waals surface area (Å²) in [6.45, 7) is 8.82. The van der Waals surface area contributed by atoms with Crippen molar-refractivity contribution in [3.05, 3.63) is 85.0 Å². The van der Waals surface area contributed by atoms with E-state index in [9.17, 15) is 19.2 Å². The van der Waals surface area contributed by atoms with Gasteiger partial charge in [0.15, 0.2) is 0 Å². The predicted octanol–water partition coefficient (Wildman–Crippen LogP) is 5.81. The van der Waals surface area contributed by atoms with E-state index >= 15 is 0 Å². The Hall–Kier alpha value is -5.66. The van der Waals surface area contributed by atoms with E-state index in [0.29, 0.717) is 13.1 Å². The van der Waals surface area contributed by atoms with Gasteiger partial charge >= 0.3 is 12.2 Å². The van der Waals surface area contributed by atoms with Gasteiger partial charge in [-0.05, 0) is 72.9 Å². The smallest absolute Gasteiger partial charge is 0.407 e. The van der Waals surface area contributed by atoms with Crippen molar-refractivity contribution in [2.45, 2.75) is 77.5 Å². The highest BCUT2D eigenvalue weighted by atomic mass is 16.5. The third-order valence-corrected chi connectivity index (χ3v) is 10.4. The molecule has 0 bridgehead atoms. The molecule has 2 saturated heterocycles. The third kappa shape index (κ3) is 8.12. The molecular formula is C40H50N8O6. The number of imidazole rings is 2. The summed E-state index contributed by atoms with van der Waals surface area (Å²) < 4.78 is 13.4. The number of hydrogen-bond donors (Lipinski definition) is 2. The summed E-state index contributed by atoms with van der Waals surface area (Å²) in [5.74, 6) is -0.457. The Morgan fingerprint density at radius 3 is 1.33 bits per heavy atom. The van der Waals surface area contributed by atoms with E-state index in [0.717, 1.165) is 59.6 Å². The molecule has 14 nitrogen and oxygen atoms in total. The Morgan fingerprint density at radius 1 is 0.630 bits per heavy atom. The second-order valence-corrected chi connectivity index (χ2v) is 14.6. The number of nitrogens with one attached hydrogen (secondary N) is 2. The lowest BCUT2D eigenvalue weighted by Gasteiger charge is -2.30. The molecule has 2 aromatic carbocycles. The molecule has 0 radical (unpaired) electrons. The SMILES string of the molecule is COC(=O)N[C@H](C(=O)N1CCCC1c1cn(-c2ccc(-c3ccc(-n4cnc(C5CCCN5C(=O)[C@@H](NC(=O)OC)C(C)C)c4)cc3)cc2)cn1)C(C)C. The molecule has 0 spiro atoms. The van der Waals surface area contributed by atoms with E-state index < -0.39 is 24.3 Å². The van der Waals surface area contributed by atoms with E-state index in [2.05, 4.69) is 44.9 Å². The van der Waals surface area contributed by atoms with Gasteiger partial charge in [0.25, 0.3) is 0 Å². The number of rotatable bonds is 11. The second-order valence-electron chi connectivity index (χ2n) is 14.6. The van der Waals surface area contributed by atoms with Crippen molar-refractivity contribution in [3.8, 4) is 22.5 Å². The molecule has 286 valence electrons. The van der Waals surface area contributed by atoms with Crippen LogP contribution in [0.5, 0.6) is 0 Å². The molecular weight excluding hydrogens is 688 g/mol. The van der Waals surface area contributed by atoms with Gasteiger partial charge in [-0.2, -0.15) is 0 Å². The first-order valence-electron chi connectivity index (χ1n) is 18.6. The number of carbonyl (C=O) groups excluding carboxylic acids is 4. The zero-order valence-electron chi connectivity index (χ0n) is 31.8. The number of hydrogen-bond acceptors (Lipinski definition) is 8. The lowest BCUT2D eigenvalue weighted by molar-refractivity contribution is -0.136. The Morgan fingerprint density at radius 2 is 1.00 bits per heavy atom. The van der Waals surface area contributed by atoms with Gasteiger partial charge in [0.2, 0.25) is 11.8 Å². The first-order chi connectivity index (χ1) is 26.0. The van der Waals surface area contributed by atoms with Gasteiger partial charge in [-0.15, -0.1) is 0 Å². The highest BCUT2D eigenvalue weighted by molar-refractivity contribution is 5.87. The Kier molecular flexibility index (Phi) is 11.7. The number of alkyl carbamates (subject to hydrolysis) is 2. The molecule has 2 aliphatic rings. The van der Waals surface area contributed by atoms with Gasteiger partial charge in [0, 0.05) is 36.9 Å². The van der Waals surface area contributed by atoms with E-state index in [-0.39, 0.29) is 35.7 Å². The zero-order valence-corrected chi connectivity index (χ0v) is 31.8. The fourth-order valence-electron chi connectivity index (χ4n) is 7.39. The molecule has 2 fully saturated rings. The first-order valence-corrected chi connectivity index (χ1v) is 18.6. The molecule has 4 aromatic rings. The van der Waals surface area contributed by atoms with Gasteiger partial charge in [-0.25, -0.2) is 19.6 Å². The third-order valence-electron chi connectivity index (χ3n) is 10.4. The maximum Gasteiger partial charge on any atom is 0.407 e. The minimum atomic E-state index is -0.679. The van der Waals surface area contributed by atoms with Crippen LogP contribution in [0, 0.1) is 11.8 Å². The standard InChI is InChI=1S/C40H50N8O6/c1-25(2)35(43-39(51)53-5)37(49)47-19-7-9-33(47)31-21-45(23-41-31)29-15-11-27(12-16-29)28-13-17-30(18-14-28)46-22-32(42-24-46)34-10-8-20-48(34)38(50)36(26(3)4)44-40(52)54-6/h11-18,21-26,33-36H,7-10,19-20H2,1-6H3,(H,43,51)(H,44,52)/t33?,34?,35-,36-/m0/s1. The van der Waals surface area contributed by atoms with E-state index in [1.807, 2.05) is 83.3 Å². The number of likely N-dealkylation sites (tertiary alicyclic amines) is 2. The number of nitrogens with zero attached hydrogens (tertiary/aromatic N) is 6. The van der Waals surface area contributed by atoms with Crippen LogP contribution in [-0.2, 0) is 19.1 Å². The summed E-state index contributed by atoms with van der Waals surface area (Å²) in [6, 6.07) is 14.8. The summed E-state index contributed by atoms with van der Waals surface area (Å²) in [4.78, 5) is 63.9. The van der Waals surface area contributed by atoms with Gasteiger partial charge in [-0.1, -0.05) is 52.0 Å². The van der Waals surface area contributed by atoms with Crippen LogP contribution in [0.1, 0.15) is 76.8 Å². The Bertz CT molecular complexity index is 1800. The van der Waals surface area contributed by atoms with Crippen molar-refractivity contribution in [3.63, 3.8) is 0 Å². The molecule has 2 aromatic heterocycles. The van der Waals surface area contributed by atoms with Crippen LogP contribution in [0.2, 0.25) is 0 Å². The number of carbonyl (C=O) groups is 4. The quantitative estimate of drug-likeness (QED) is 0.196. The van der Waals surface area contributed by atoms with Crippen molar-refractivity contribution < 1.29 is 28.7 Å². The number of aromatic nitrogens is 4. The highest BCUT2D eigenvalue weighted by Crippen LogP contribution is 2.34. The number of methoxy groups -OCH3 is 2. The largest absolute Gasteiger partial charge is 0.453 e. The minimum Gasteiger partial charge on any atom is -0.453 e. The zero-order chi connectivity index (χ0) is 38.5. The molecule has 4 amide bonds. The number of ether oxygens (including phenoxy) is 2. The van der Waals surface area contributed by atoms with Crippen LogP contribution >= 0.6 is 0 Å². The normalized spacial score (nSPS) is 18.1. The lowest BCUT2D eigenvalue weighted by atomic mass is 10.0. The van der Waals surface area contributed by atoms with Gasteiger partial charge in [-0.3, -0.25) is 9.59 Å². The topological polar surface area (TPSA) is 153 Å². The van der Waals surface area contributed by atoms with E-state index in [1.165, 1.54) is 14.2 Å². The van der Waals surface area contributed by atoms with Crippen LogP contribution in [-0.4, -0.2) is 92.3 Å². The number of amides is 4. The van der Waals surface area contributed by atoms with Gasteiger partial charge in [0.1, 0.15) is 12.1 Å². The van der Waals surface area contributed by atoms with E-state index in [1.54, 1.807) is 12.7 Å². The predicted molar refractivity (Wildman–Crippen MR) is 202 cm³/mol. The van der Waals surface area contributed by atoms with Crippen LogP contribution in [0.3, 0.4) is 0 Å². The summed E-state index contributed by atoms with van der Waals surface area (Å²) in [6.07, 6.45) is 9.57. The van der Waals surface area contributed by atoms with Gasteiger partial charge < -0.3 is 39.0 Å².